The van der Waals surface area contributed by atoms with Crippen molar-refractivity contribution < 1.29 is 9.21 Å². The Bertz CT molecular complexity index is 1080. The van der Waals surface area contributed by atoms with Crippen LogP contribution < -0.4 is 11.1 Å². The topological polar surface area (TPSA) is 106 Å². The van der Waals surface area contributed by atoms with Crippen molar-refractivity contribution in [2.75, 3.05) is 5.32 Å². The number of H-pyrrole nitrogens is 1. The predicted molar refractivity (Wildman–Crippen MR) is 86.1 cm³/mol. The zero-order chi connectivity index (χ0) is 16.5. The van der Waals surface area contributed by atoms with Gasteiger partial charge in [-0.25, -0.2) is 4.79 Å². The SMILES string of the molecule is O=C(Nc1ccc2oc(=O)[nH]c2c1)c1cnn(-c2ccccc2)n1. The molecule has 0 radical (unpaired) electrons. The maximum Gasteiger partial charge on any atom is 0.417 e. The van der Waals surface area contributed by atoms with Crippen molar-refractivity contribution in [1.29, 1.82) is 0 Å². The van der Waals surface area contributed by atoms with Crippen LogP contribution in [0.25, 0.3) is 16.8 Å². The fraction of sp³-hybridized carbons (Fsp3) is 0. The molecular weight excluding hydrogens is 310 g/mol. The summed E-state index contributed by atoms with van der Waals surface area (Å²) in [5.41, 5.74) is 2.38. The molecule has 0 aliphatic carbocycles. The Labute approximate surface area is 134 Å². The number of nitrogens with one attached hydrogen (secondary N) is 2. The Hall–Kier alpha value is -3.68. The minimum absolute atomic E-state index is 0.180. The van der Waals surface area contributed by atoms with Crippen LogP contribution in [0.1, 0.15) is 10.5 Å². The van der Waals surface area contributed by atoms with E-state index in [9.17, 15) is 9.59 Å². The van der Waals surface area contributed by atoms with Crippen molar-refractivity contribution in [3.8, 4) is 5.69 Å². The monoisotopic (exact) mass is 321 g/mol. The van der Waals surface area contributed by atoms with Gasteiger partial charge in [0.15, 0.2) is 11.3 Å². The third-order valence-corrected chi connectivity index (χ3v) is 3.39. The molecule has 2 N–H and O–H groups in total. The van der Waals surface area contributed by atoms with Crippen molar-refractivity contribution >= 4 is 22.7 Å². The second-order valence-electron chi connectivity index (χ2n) is 5.03. The number of nitrogens with zero attached hydrogens (tertiary/aromatic N) is 3. The zero-order valence-corrected chi connectivity index (χ0v) is 12.3. The van der Waals surface area contributed by atoms with Gasteiger partial charge in [0.1, 0.15) is 0 Å². The van der Waals surface area contributed by atoms with Crippen LogP contribution in [0.4, 0.5) is 5.69 Å². The molecule has 24 heavy (non-hydrogen) atoms. The number of carbonyl (C=O) groups is 1. The van der Waals surface area contributed by atoms with Gasteiger partial charge in [0, 0.05) is 5.69 Å². The number of para-hydroxylation sites is 1. The minimum atomic E-state index is -0.542. The number of rotatable bonds is 3. The largest absolute Gasteiger partial charge is 0.417 e. The number of fused-ring (bicyclic) bond motifs is 1. The van der Waals surface area contributed by atoms with Gasteiger partial charge in [-0.1, -0.05) is 18.2 Å². The van der Waals surface area contributed by atoms with Gasteiger partial charge in [0.2, 0.25) is 0 Å². The second-order valence-corrected chi connectivity index (χ2v) is 5.03. The van der Waals surface area contributed by atoms with Crippen molar-refractivity contribution in [1.82, 2.24) is 20.0 Å². The number of carbonyl (C=O) groups excluding carboxylic acids is 1. The van der Waals surface area contributed by atoms with Gasteiger partial charge in [-0.3, -0.25) is 9.78 Å². The summed E-state index contributed by atoms with van der Waals surface area (Å²) in [5, 5.41) is 11.0. The molecule has 0 bridgehead atoms. The molecule has 2 aromatic heterocycles. The molecule has 2 heterocycles. The summed E-state index contributed by atoms with van der Waals surface area (Å²) in [6.07, 6.45) is 1.39. The highest BCUT2D eigenvalue weighted by atomic mass is 16.4. The highest BCUT2D eigenvalue weighted by Gasteiger charge is 2.12. The molecule has 8 heteroatoms. The van der Waals surface area contributed by atoms with Gasteiger partial charge in [-0.2, -0.15) is 9.90 Å². The van der Waals surface area contributed by atoms with Crippen LogP contribution >= 0.6 is 0 Å². The van der Waals surface area contributed by atoms with Gasteiger partial charge >= 0.3 is 5.76 Å². The second kappa shape index (κ2) is 5.51. The molecule has 0 spiro atoms. The van der Waals surface area contributed by atoms with Gasteiger partial charge < -0.3 is 9.73 Å². The van der Waals surface area contributed by atoms with Gasteiger partial charge in [0.05, 0.1) is 17.4 Å². The molecule has 0 saturated carbocycles. The summed E-state index contributed by atoms with van der Waals surface area (Å²) < 4.78 is 4.92. The minimum Gasteiger partial charge on any atom is -0.408 e. The lowest BCUT2D eigenvalue weighted by Gasteiger charge is -2.02. The van der Waals surface area contributed by atoms with Crippen molar-refractivity contribution in [3.05, 3.63) is 71.0 Å². The molecule has 0 aliphatic heterocycles. The molecule has 118 valence electrons. The van der Waals surface area contributed by atoms with E-state index in [0.29, 0.717) is 16.8 Å². The summed E-state index contributed by atoms with van der Waals surface area (Å²) in [7, 11) is 0. The molecule has 0 unspecified atom stereocenters. The van der Waals surface area contributed by atoms with Crippen LogP contribution in [-0.2, 0) is 0 Å². The van der Waals surface area contributed by atoms with E-state index in [1.165, 1.54) is 11.0 Å². The van der Waals surface area contributed by atoms with Crippen LogP contribution in [0.3, 0.4) is 0 Å². The number of hydrogen-bond acceptors (Lipinski definition) is 5. The lowest BCUT2D eigenvalue weighted by molar-refractivity contribution is 0.102. The van der Waals surface area contributed by atoms with E-state index in [0.717, 1.165) is 5.69 Å². The quantitative estimate of drug-likeness (QED) is 0.600. The number of hydrogen-bond donors (Lipinski definition) is 2. The van der Waals surface area contributed by atoms with E-state index in [4.69, 9.17) is 4.42 Å². The first-order chi connectivity index (χ1) is 11.7. The number of amides is 1. The Morgan fingerprint density at radius 1 is 1.17 bits per heavy atom. The van der Waals surface area contributed by atoms with Crippen LogP contribution in [0, 0.1) is 0 Å². The fourth-order valence-electron chi connectivity index (χ4n) is 2.28. The first-order valence-electron chi connectivity index (χ1n) is 7.11. The Morgan fingerprint density at radius 3 is 2.83 bits per heavy atom. The summed E-state index contributed by atoms with van der Waals surface area (Å²) in [6.45, 7) is 0. The van der Waals surface area contributed by atoms with Crippen LogP contribution in [0.15, 0.2) is 63.9 Å². The van der Waals surface area contributed by atoms with Crippen molar-refractivity contribution in [3.63, 3.8) is 0 Å². The van der Waals surface area contributed by atoms with Crippen molar-refractivity contribution in [2.45, 2.75) is 0 Å². The standard InChI is InChI=1S/C16H11N5O3/c22-15(13-9-17-21(20-13)11-4-2-1-3-5-11)18-10-6-7-14-12(8-10)19-16(23)24-14/h1-9H,(H,18,22)(H,19,23). The first-order valence-corrected chi connectivity index (χ1v) is 7.11. The molecule has 0 saturated heterocycles. The fourth-order valence-corrected chi connectivity index (χ4v) is 2.28. The highest BCUT2D eigenvalue weighted by molar-refractivity contribution is 6.03. The average Bonchev–Trinajstić information content (AvgIpc) is 3.21. The smallest absolute Gasteiger partial charge is 0.408 e. The van der Waals surface area contributed by atoms with Gasteiger partial charge in [-0.15, -0.1) is 5.10 Å². The van der Waals surface area contributed by atoms with E-state index >= 15 is 0 Å². The predicted octanol–water partition coefficient (Wildman–Crippen LogP) is 1.95. The number of aromatic nitrogens is 4. The summed E-state index contributed by atoms with van der Waals surface area (Å²) in [5.74, 6) is -0.943. The lowest BCUT2D eigenvalue weighted by atomic mass is 10.3. The normalized spacial score (nSPS) is 10.8. The molecule has 0 fully saturated rings. The Kier molecular flexibility index (Phi) is 3.20. The average molecular weight is 321 g/mol. The van der Waals surface area contributed by atoms with Gasteiger partial charge in [-0.05, 0) is 30.3 Å². The molecule has 0 aliphatic rings. The number of benzene rings is 2. The Morgan fingerprint density at radius 2 is 2.00 bits per heavy atom. The zero-order valence-electron chi connectivity index (χ0n) is 12.3. The maximum atomic E-state index is 12.3. The summed E-state index contributed by atoms with van der Waals surface area (Å²) in [6, 6.07) is 14.1. The summed E-state index contributed by atoms with van der Waals surface area (Å²) >= 11 is 0. The Balaban J connectivity index is 1.57. The van der Waals surface area contributed by atoms with E-state index in [1.54, 1.807) is 18.2 Å². The number of oxazole rings is 1. The van der Waals surface area contributed by atoms with E-state index in [1.807, 2.05) is 30.3 Å². The van der Waals surface area contributed by atoms with E-state index in [2.05, 4.69) is 20.5 Å². The molecule has 2 aromatic carbocycles. The van der Waals surface area contributed by atoms with E-state index < -0.39 is 11.7 Å². The molecule has 8 nitrogen and oxygen atoms in total. The highest BCUT2D eigenvalue weighted by Crippen LogP contribution is 2.16. The third kappa shape index (κ3) is 2.56. The van der Waals surface area contributed by atoms with Crippen LogP contribution in [-0.4, -0.2) is 25.9 Å². The van der Waals surface area contributed by atoms with Crippen LogP contribution in [0.5, 0.6) is 0 Å². The summed E-state index contributed by atoms with van der Waals surface area (Å²) in [4.78, 5) is 27.3. The number of aromatic amines is 1. The lowest BCUT2D eigenvalue weighted by Crippen LogP contribution is -2.13. The maximum absolute atomic E-state index is 12.3. The molecule has 1 amide bonds. The molecular formula is C16H11N5O3. The number of anilines is 1. The first kappa shape index (κ1) is 13.9. The van der Waals surface area contributed by atoms with E-state index in [-0.39, 0.29) is 5.69 Å². The molecule has 0 atom stereocenters. The third-order valence-electron chi connectivity index (χ3n) is 3.39. The molecule has 4 rings (SSSR count). The van der Waals surface area contributed by atoms with Crippen LogP contribution in [0.2, 0.25) is 0 Å². The van der Waals surface area contributed by atoms with Gasteiger partial charge in [0.25, 0.3) is 5.91 Å². The molecule has 4 aromatic rings. The van der Waals surface area contributed by atoms with Crippen molar-refractivity contribution in [2.24, 2.45) is 0 Å².